The number of para-hydroxylation sites is 1. The number of hydrogen-bond acceptors (Lipinski definition) is 3. The minimum Gasteiger partial charge on any atom is -0.422 e. The number of pyridine rings is 1. The number of ether oxygens (including phenoxy) is 1. The largest absolute Gasteiger partial charge is 0.422 e. The van der Waals surface area contributed by atoms with Gasteiger partial charge in [0.15, 0.2) is 0 Å². The maximum absolute atomic E-state index is 13.3. The van der Waals surface area contributed by atoms with Crippen LogP contribution in [0.3, 0.4) is 0 Å². The van der Waals surface area contributed by atoms with Crippen LogP contribution >= 0.6 is 11.6 Å². The van der Waals surface area contributed by atoms with Gasteiger partial charge in [-0.1, -0.05) is 78.3 Å². The first kappa shape index (κ1) is 19.3. The Hall–Kier alpha value is -3.69. The Morgan fingerprint density at radius 1 is 0.839 bits per heavy atom. The molecule has 0 amide bonds. The zero-order valence-corrected chi connectivity index (χ0v) is 17.6. The molecule has 0 atom stereocenters. The third-order valence-corrected chi connectivity index (χ3v) is 5.61. The van der Waals surface area contributed by atoms with E-state index in [2.05, 4.69) is 0 Å². The van der Waals surface area contributed by atoms with Gasteiger partial charge in [0.05, 0.1) is 16.8 Å². The lowest BCUT2D eigenvalue weighted by Crippen LogP contribution is -2.10. The van der Waals surface area contributed by atoms with E-state index in [9.17, 15) is 4.79 Å². The average Bonchev–Trinajstić information content (AvgIpc) is 2.79. The van der Waals surface area contributed by atoms with Gasteiger partial charge < -0.3 is 4.74 Å². The molecule has 0 saturated heterocycles. The summed E-state index contributed by atoms with van der Waals surface area (Å²) in [5.41, 5.74) is 3.83. The van der Waals surface area contributed by atoms with Crippen molar-refractivity contribution in [1.82, 2.24) is 4.98 Å². The smallest absolute Gasteiger partial charge is 0.344 e. The van der Waals surface area contributed by atoms with E-state index < -0.39 is 5.97 Å². The Kier molecular flexibility index (Phi) is 4.89. The van der Waals surface area contributed by atoms with E-state index in [-0.39, 0.29) is 0 Å². The molecule has 0 bridgehead atoms. The quantitative estimate of drug-likeness (QED) is 0.227. The summed E-state index contributed by atoms with van der Waals surface area (Å²) in [7, 11) is 0. The Bertz CT molecular complexity index is 1440. The van der Waals surface area contributed by atoms with Gasteiger partial charge in [0.25, 0.3) is 0 Å². The second kappa shape index (κ2) is 7.86. The number of carbonyl (C=O) groups excluding carboxylic acids is 1. The fourth-order valence-electron chi connectivity index (χ4n) is 3.77. The van der Waals surface area contributed by atoms with Crippen molar-refractivity contribution in [3.8, 4) is 17.0 Å². The molecule has 0 fully saturated rings. The molecule has 0 aliphatic heterocycles. The average molecular weight is 424 g/mol. The van der Waals surface area contributed by atoms with Gasteiger partial charge in [0, 0.05) is 21.4 Å². The Labute approximate surface area is 184 Å². The minimum atomic E-state index is -0.412. The third kappa shape index (κ3) is 3.65. The number of benzene rings is 4. The summed E-state index contributed by atoms with van der Waals surface area (Å²) in [5, 5.41) is 3.33. The van der Waals surface area contributed by atoms with Crippen LogP contribution in [-0.4, -0.2) is 11.0 Å². The number of aromatic nitrogens is 1. The lowest BCUT2D eigenvalue weighted by atomic mass is 10.0. The van der Waals surface area contributed by atoms with Crippen LogP contribution in [0.5, 0.6) is 5.75 Å². The SMILES string of the molecule is Cc1cccc2c(C(=O)Oc3cccc4ccccc34)cc(-c3ccc(Cl)cc3)nc12. The Balaban J connectivity index is 1.65. The van der Waals surface area contributed by atoms with Crippen LogP contribution in [0.1, 0.15) is 15.9 Å². The van der Waals surface area contributed by atoms with Gasteiger partial charge in [-0.25, -0.2) is 9.78 Å². The van der Waals surface area contributed by atoms with E-state index in [1.807, 2.05) is 91.9 Å². The van der Waals surface area contributed by atoms with Gasteiger partial charge in [-0.3, -0.25) is 0 Å². The first-order valence-electron chi connectivity index (χ1n) is 9.96. The molecule has 1 heterocycles. The van der Waals surface area contributed by atoms with Crippen LogP contribution in [0.25, 0.3) is 32.9 Å². The normalized spacial score (nSPS) is 11.0. The molecule has 4 aromatic carbocycles. The standard InChI is InChI=1S/C27H18ClNO2/c1-17-6-4-10-22-23(16-24(29-26(17)22)19-12-14-20(28)15-13-19)27(30)31-25-11-5-8-18-7-2-3-9-21(18)25/h2-16H,1H3. The molecule has 3 nitrogen and oxygen atoms in total. The van der Waals surface area contributed by atoms with Crippen LogP contribution in [0, 0.1) is 6.92 Å². The molecule has 4 heteroatoms. The number of esters is 1. The summed E-state index contributed by atoms with van der Waals surface area (Å²) in [6, 6.07) is 28.6. The topological polar surface area (TPSA) is 39.2 Å². The number of hydrogen-bond donors (Lipinski definition) is 0. The summed E-state index contributed by atoms with van der Waals surface area (Å²) in [5.74, 6) is 0.123. The third-order valence-electron chi connectivity index (χ3n) is 5.35. The molecule has 5 aromatic rings. The molecule has 5 rings (SSSR count). The molecule has 0 saturated carbocycles. The summed E-state index contributed by atoms with van der Waals surface area (Å²) in [4.78, 5) is 18.2. The lowest BCUT2D eigenvalue weighted by molar-refractivity contribution is 0.0739. The molecule has 0 radical (unpaired) electrons. The number of nitrogens with zero attached hydrogens (tertiary/aromatic N) is 1. The van der Waals surface area contributed by atoms with Crippen LogP contribution in [0.4, 0.5) is 0 Å². The fourth-order valence-corrected chi connectivity index (χ4v) is 3.89. The molecule has 1 aromatic heterocycles. The molecule has 0 N–H and O–H groups in total. The van der Waals surface area contributed by atoms with Crippen LogP contribution in [0.2, 0.25) is 5.02 Å². The van der Waals surface area contributed by atoms with Crippen molar-refractivity contribution in [1.29, 1.82) is 0 Å². The summed E-state index contributed by atoms with van der Waals surface area (Å²) in [6.45, 7) is 1.99. The monoisotopic (exact) mass is 423 g/mol. The maximum Gasteiger partial charge on any atom is 0.344 e. The van der Waals surface area contributed by atoms with Gasteiger partial charge in [0.2, 0.25) is 0 Å². The van der Waals surface area contributed by atoms with Crippen LogP contribution in [0.15, 0.2) is 91.0 Å². The summed E-state index contributed by atoms with van der Waals surface area (Å²) >= 11 is 6.04. The molecular weight excluding hydrogens is 406 g/mol. The summed E-state index contributed by atoms with van der Waals surface area (Å²) < 4.78 is 5.88. The van der Waals surface area contributed by atoms with E-state index in [1.165, 1.54) is 0 Å². The Morgan fingerprint density at radius 3 is 2.39 bits per heavy atom. The highest BCUT2D eigenvalue weighted by Crippen LogP contribution is 2.30. The second-order valence-corrected chi connectivity index (χ2v) is 7.84. The molecule has 0 unspecified atom stereocenters. The number of rotatable bonds is 3. The second-order valence-electron chi connectivity index (χ2n) is 7.40. The van der Waals surface area contributed by atoms with Crippen molar-refractivity contribution < 1.29 is 9.53 Å². The van der Waals surface area contributed by atoms with Crippen molar-refractivity contribution in [2.75, 3.05) is 0 Å². The first-order valence-corrected chi connectivity index (χ1v) is 10.3. The number of carbonyl (C=O) groups is 1. The van der Waals surface area contributed by atoms with Crippen molar-refractivity contribution in [3.63, 3.8) is 0 Å². The van der Waals surface area contributed by atoms with Gasteiger partial charge >= 0.3 is 5.97 Å². The van der Waals surface area contributed by atoms with E-state index >= 15 is 0 Å². The Morgan fingerprint density at radius 2 is 1.55 bits per heavy atom. The van der Waals surface area contributed by atoms with Gasteiger partial charge in [-0.05, 0) is 42.1 Å². The number of fused-ring (bicyclic) bond motifs is 2. The molecule has 0 aliphatic rings. The van der Waals surface area contributed by atoms with Gasteiger partial charge in [-0.15, -0.1) is 0 Å². The van der Waals surface area contributed by atoms with Gasteiger partial charge in [0.1, 0.15) is 5.75 Å². The molecule has 150 valence electrons. The zero-order valence-electron chi connectivity index (χ0n) is 16.8. The molecule has 0 spiro atoms. The van der Waals surface area contributed by atoms with E-state index in [0.717, 1.165) is 32.8 Å². The molecule has 0 aliphatic carbocycles. The van der Waals surface area contributed by atoms with Crippen molar-refractivity contribution in [2.45, 2.75) is 6.92 Å². The predicted molar refractivity (Wildman–Crippen MR) is 126 cm³/mol. The van der Waals surface area contributed by atoms with Crippen molar-refractivity contribution >= 4 is 39.2 Å². The zero-order chi connectivity index (χ0) is 21.4. The van der Waals surface area contributed by atoms with E-state index in [4.69, 9.17) is 21.3 Å². The van der Waals surface area contributed by atoms with Crippen molar-refractivity contribution in [3.05, 3.63) is 107 Å². The fraction of sp³-hybridized carbons (Fsp3) is 0.0370. The van der Waals surface area contributed by atoms with Crippen LogP contribution in [-0.2, 0) is 0 Å². The number of aryl methyl sites for hydroxylation is 1. The van der Waals surface area contributed by atoms with Crippen molar-refractivity contribution in [2.24, 2.45) is 0 Å². The highest BCUT2D eigenvalue weighted by atomic mass is 35.5. The minimum absolute atomic E-state index is 0.412. The number of halogens is 1. The van der Waals surface area contributed by atoms with E-state index in [0.29, 0.717) is 22.0 Å². The predicted octanol–water partition coefficient (Wildman–Crippen LogP) is 7.24. The highest BCUT2D eigenvalue weighted by molar-refractivity contribution is 6.30. The highest BCUT2D eigenvalue weighted by Gasteiger charge is 2.18. The first-order chi connectivity index (χ1) is 15.1. The molecule has 31 heavy (non-hydrogen) atoms. The lowest BCUT2D eigenvalue weighted by Gasteiger charge is -2.12. The van der Waals surface area contributed by atoms with E-state index in [1.54, 1.807) is 6.07 Å². The molecular formula is C27H18ClNO2. The van der Waals surface area contributed by atoms with Crippen LogP contribution < -0.4 is 4.74 Å². The maximum atomic E-state index is 13.3. The van der Waals surface area contributed by atoms with Gasteiger partial charge in [-0.2, -0.15) is 0 Å². The summed E-state index contributed by atoms with van der Waals surface area (Å²) in [6.07, 6.45) is 0.